The van der Waals surface area contributed by atoms with Crippen molar-refractivity contribution < 1.29 is 17.6 Å². The molecule has 1 amide bonds. The van der Waals surface area contributed by atoms with Crippen molar-refractivity contribution in [2.45, 2.75) is 17.7 Å². The van der Waals surface area contributed by atoms with E-state index < -0.39 is 21.7 Å². The third-order valence-electron chi connectivity index (χ3n) is 2.71. The lowest BCUT2D eigenvalue weighted by Crippen LogP contribution is -2.31. The molecule has 1 heterocycles. The quantitative estimate of drug-likeness (QED) is 0.625. The minimum absolute atomic E-state index is 0.0751. The van der Waals surface area contributed by atoms with Gasteiger partial charge in [-0.05, 0) is 31.0 Å². The van der Waals surface area contributed by atoms with Gasteiger partial charge >= 0.3 is 0 Å². The zero-order valence-electron chi connectivity index (χ0n) is 9.40. The van der Waals surface area contributed by atoms with Crippen LogP contribution in [0.2, 0.25) is 0 Å². The number of nitrogens with zero attached hydrogens (tertiary/aromatic N) is 1. The van der Waals surface area contributed by atoms with Gasteiger partial charge in [0.15, 0.2) is 0 Å². The number of benzene rings is 1. The summed E-state index contributed by atoms with van der Waals surface area (Å²) < 4.78 is 38.0. The van der Waals surface area contributed by atoms with Gasteiger partial charge in [-0.15, -0.1) is 0 Å². The van der Waals surface area contributed by atoms with E-state index in [1.807, 2.05) is 0 Å². The molecule has 0 atom stereocenters. The van der Waals surface area contributed by atoms with Crippen LogP contribution in [0.15, 0.2) is 23.1 Å². The van der Waals surface area contributed by atoms with Gasteiger partial charge in [-0.25, -0.2) is 17.1 Å². The fourth-order valence-electron chi connectivity index (χ4n) is 1.83. The van der Waals surface area contributed by atoms with Gasteiger partial charge in [0.2, 0.25) is 0 Å². The molecular weight excluding hydrogens is 325 g/mol. The smallest absolute Gasteiger partial charge is 0.268 e. The Bertz CT molecular complexity index is 588. The zero-order valence-corrected chi connectivity index (χ0v) is 11.8. The molecule has 0 N–H and O–H groups in total. The summed E-state index contributed by atoms with van der Waals surface area (Å²) in [5, 5.41) is 0.747. The summed E-state index contributed by atoms with van der Waals surface area (Å²) in [5.74, 6) is -1.25. The number of amides is 1. The summed E-state index contributed by atoms with van der Waals surface area (Å²) >= 11 is 3.24. The van der Waals surface area contributed by atoms with Crippen LogP contribution in [0.4, 0.5) is 4.39 Å². The average molecular weight is 336 g/mol. The molecule has 0 spiro atoms. The third-order valence-corrected chi connectivity index (χ3v) is 5.11. The second kappa shape index (κ2) is 4.97. The lowest BCUT2D eigenvalue weighted by molar-refractivity contribution is 0.0869. The average Bonchev–Trinajstić information content (AvgIpc) is 2.50. The molecule has 0 saturated heterocycles. The Balaban J connectivity index is 2.35. The van der Waals surface area contributed by atoms with Crippen molar-refractivity contribution in [3.8, 4) is 0 Å². The molecule has 18 heavy (non-hydrogen) atoms. The van der Waals surface area contributed by atoms with Crippen LogP contribution < -0.4 is 0 Å². The van der Waals surface area contributed by atoms with Crippen LogP contribution in [0.25, 0.3) is 0 Å². The van der Waals surface area contributed by atoms with E-state index in [2.05, 4.69) is 15.9 Å². The van der Waals surface area contributed by atoms with Crippen LogP contribution in [0.1, 0.15) is 23.2 Å². The van der Waals surface area contributed by atoms with Gasteiger partial charge in [0.1, 0.15) is 10.7 Å². The van der Waals surface area contributed by atoms with Crippen molar-refractivity contribution >= 4 is 31.9 Å². The number of carbonyl (C=O) groups is 1. The molecule has 2 rings (SSSR count). The molecule has 1 aromatic rings. The molecule has 0 unspecified atom stereocenters. The molecule has 0 bridgehead atoms. The van der Waals surface area contributed by atoms with Gasteiger partial charge in [0.05, 0.1) is 5.56 Å². The maximum absolute atomic E-state index is 13.0. The van der Waals surface area contributed by atoms with Crippen LogP contribution in [-0.2, 0) is 10.0 Å². The highest BCUT2D eigenvalue weighted by Gasteiger charge is 2.40. The second-order valence-corrected chi connectivity index (χ2v) is 6.54. The van der Waals surface area contributed by atoms with Crippen molar-refractivity contribution in [3.05, 3.63) is 29.6 Å². The van der Waals surface area contributed by atoms with Gasteiger partial charge in [0.25, 0.3) is 15.9 Å². The predicted molar refractivity (Wildman–Crippen MR) is 67.7 cm³/mol. The summed E-state index contributed by atoms with van der Waals surface area (Å²) in [5.41, 5.74) is -0.0751. The Kier molecular flexibility index (Phi) is 3.72. The molecule has 0 aromatic heterocycles. The maximum Gasteiger partial charge on any atom is 0.269 e. The first-order valence-corrected chi connectivity index (χ1v) is 7.97. The van der Waals surface area contributed by atoms with Gasteiger partial charge in [-0.2, -0.15) is 0 Å². The molecule has 7 heteroatoms. The van der Waals surface area contributed by atoms with Gasteiger partial charge < -0.3 is 0 Å². The summed E-state index contributed by atoms with van der Waals surface area (Å²) in [4.78, 5) is 11.8. The summed E-state index contributed by atoms with van der Waals surface area (Å²) in [6.07, 6.45) is 1.34. The minimum Gasteiger partial charge on any atom is -0.268 e. The maximum atomic E-state index is 13.0. The Morgan fingerprint density at radius 1 is 1.28 bits per heavy atom. The van der Waals surface area contributed by atoms with E-state index in [0.29, 0.717) is 6.42 Å². The van der Waals surface area contributed by atoms with Crippen LogP contribution in [0.5, 0.6) is 0 Å². The summed E-state index contributed by atoms with van der Waals surface area (Å²) in [7, 11) is -3.79. The first-order valence-electron chi connectivity index (χ1n) is 5.41. The van der Waals surface area contributed by atoms with Crippen LogP contribution in [0, 0.1) is 5.82 Å². The van der Waals surface area contributed by atoms with Crippen molar-refractivity contribution in [2.75, 3.05) is 11.9 Å². The highest BCUT2D eigenvalue weighted by molar-refractivity contribution is 9.09. The Morgan fingerprint density at radius 3 is 2.67 bits per heavy atom. The monoisotopic (exact) mass is 335 g/mol. The van der Waals surface area contributed by atoms with E-state index in [1.54, 1.807) is 0 Å². The summed E-state index contributed by atoms with van der Waals surface area (Å²) in [6, 6.07) is 3.16. The van der Waals surface area contributed by atoms with Crippen molar-refractivity contribution in [3.63, 3.8) is 0 Å². The van der Waals surface area contributed by atoms with E-state index >= 15 is 0 Å². The lowest BCUT2D eigenvalue weighted by atomic mass is 10.2. The fraction of sp³-hybridized carbons (Fsp3) is 0.364. The fourth-order valence-corrected chi connectivity index (χ4v) is 3.81. The molecule has 4 nitrogen and oxygen atoms in total. The molecular formula is C11H11BrFNO3S. The number of unbranched alkanes of at least 4 members (excludes halogenated alkanes) is 1. The van der Waals surface area contributed by atoms with E-state index in [-0.39, 0.29) is 17.0 Å². The largest absolute Gasteiger partial charge is 0.269 e. The van der Waals surface area contributed by atoms with Gasteiger partial charge in [-0.3, -0.25) is 4.79 Å². The molecule has 0 saturated carbocycles. The molecule has 1 aliphatic heterocycles. The van der Waals surface area contributed by atoms with Crippen LogP contribution in [0.3, 0.4) is 0 Å². The van der Waals surface area contributed by atoms with E-state index in [4.69, 9.17) is 0 Å². The number of sulfonamides is 1. The minimum atomic E-state index is -3.79. The van der Waals surface area contributed by atoms with E-state index in [1.165, 1.54) is 0 Å². The number of hydrogen-bond acceptors (Lipinski definition) is 3. The van der Waals surface area contributed by atoms with Crippen LogP contribution in [-0.4, -0.2) is 30.5 Å². The number of halogens is 2. The number of carbonyl (C=O) groups excluding carboxylic acids is 1. The van der Waals surface area contributed by atoms with E-state index in [9.17, 15) is 17.6 Å². The highest BCUT2D eigenvalue weighted by atomic mass is 79.9. The standard InChI is InChI=1S/C11H11BrFNO3S/c12-5-1-2-6-14-11(15)9-7-8(13)3-4-10(9)18(14,16)17/h3-4,7H,1-2,5-6H2. The zero-order chi connectivity index (χ0) is 13.3. The predicted octanol–water partition coefficient (Wildman–Crippen LogP) is 2.15. The first-order chi connectivity index (χ1) is 8.48. The molecule has 1 aliphatic rings. The molecule has 1 aromatic carbocycles. The number of hydrogen-bond donors (Lipinski definition) is 0. The Hall–Kier alpha value is -0.950. The second-order valence-electron chi connectivity index (χ2n) is 3.92. The van der Waals surface area contributed by atoms with Crippen molar-refractivity contribution in [2.24, 2.45) is 0 Å². The molecule has 98 valence electrons. The molecule has 0 radical (unpaired) electrons. The SMILES string of the molecule is O=C1c2cc(F)ccc2S(=O)(=O)N1CCCCBr. The number of rotatable bonds is 4. The topological polar surface area (TPSA) is 54.5 Å². The van der Waals surface area contributed by atoms with Crippen LogP contribution >= 0.6 is 15.9 Å². The number of alkyl halides is 1. The molecule has 0 fully saturated rings. The number of fused-ring (bicyclic) bond motifs is 1. The lowest BCUT2D eigenvalue weighted by Gasteiger charge is -2.14. The molecule has 0 aliphatic carbocycles. The third kappa shape index (κ3) is 2.16. The van der Waals surface area contributed by atoms with Crippen molar-refractivity contribution in [1.29, 1.82) is 0 Å². The highest BCUT2D eigenvalue weighted by Crippen LogP contribution is 2.30. The Morgan fingerprint density at radius 2 is 2.00 bits per heavy atom. The normalized spacial score (nSPS) is 17.0. The van der Waals surface area contributed by atoms with E-state index in [0.717, 1.165) is 34.3 Å². The summed E-state index contributed by atoms with van der Waals surface area (Å²) in [6.45, 7) is 0.128. The van der Waals surface area contributed by atoms with Gasteiger partial charge in [0, 0.05) is 11.9 Å². The first kappa shape index (κ1) is 13.5. The van der Waals surface area contributed by atoms with Crippen molar-refractivity contribution in [1.82, 2.24) is 4.31 Å². The van der Waals surface area contributed by atoms with Gasteiger partial charge in [-0.1, -0.05) is 15.9 Å². The Labute approximate surface area is 113 Å².